The number of rotatable bonds is 6. The smallest absolute Gasteiger partial charge is 0.199 e. The summed E-state index contributed by atoms with van der Waals surface area (Å²) in [4.78, 5) is 15.5. The molecule has 4 heteroatoms. The maximum Gasteiger partial charge on any atom is 0.199 e. The Morgan fingerprint density at radius 1 is 0.385 bits per heavy atom. The van der Waals surface area contributed by atoms with Crippen LogP contribution in [0.4, 0.5) is 0 Å². The summed E-state index contributed by atoms with van der Waals surface area (Å²) in [6.45, 7) is 0. The van der Waals surface area contributed by atoms with E-state index >= 15 is 0 Å². The predicted molar refractivity (Wildman–Crippen MR) is 209 cm³/mol. The van der Waals surface area contributed by atoms with Crippen molar-refractivity contribution in [1.29, 1.82) is 0 Å². The van der Waals surface area contributed by atoms with Gasteiger partial charge in [-0.1, -0.05) is 176 Å². The molecule has 7 aromatic carbocycles. The average molecular weight is 666 g/mol. The third kappa shape index (κ3) is 4.73. The molecule has 0 fully saturated rings. The highest BCUT2D eigenvalue weighted by molar-refractivity contribution is 5.94. The molecule has 4 nitrogen and oxygen atoms in total. The van der Waals surface area contributed by atoms with Crippen LogP contribution in [0.15, 0.2) is 192 Å². The van der Waals surface area contributed by atoms with Crippen LogP contribution >= 0.6 is 0 Å². The summed E-state index contributed by atoms with van der Waals surface area (Å²) in [6.07, 6.45) is 0. The first kappa shape index (κ1) is 30.0. The number of nitrogens with zero attached hydrogens (tertiary/aromatic N) is 3. The Labute approximate surface area is 301 Å². The summed E-state index contributed by atoms with van der Waals surface area (Å²) in [6, 6.07) is 65.8. The van der Waals surface area contributed by atoms with Crippen molar-refractivity contribution in [1.82, 2.24) is 15.0 Å². The Morgan fingerprint density at radius 2 is 0.923 bits per heavy atom. The molecule has 0 bridgehead atoms. The maximum absolute atomic E-state index is 6.36. The second-order valence-corrected chi connectivity index (χ2v) is 13.2. The van der Waals surface area contributed by atoms with Crippen molar-refractivity contribution in [3.05, 3.63) is 210 Å². The van der Waals surface area contributed by atoms with Gasteiger partial charge in [-0.2, -0.15) is 0 Å². The average Bonchev–Trinajstić information content (AvgIpc) is 3.80. The molecule has 0 unspecified atom stereocenters. The van der Waals surface area contributed by atoms with Gasteiger partial charge in [0.15, 0.2) is 23.2 Å². The standard InChI is InChI=1S/C48H31N3O/c1-4-15-32(16-5-1)33-27-29-34(30-28-33)45-49-46(51-47(50-45)43-31-35-17-10-13-26-42(35)52-43)39-23-14-25-41-44(39)38-22-11-12-24-40(38)48(41,36-18-6-2-7-19-36)37-20-8-3-9-21-37/h1-31H. The van der Waals surface area contributed by atoms with E-state index in [9.17, 15) is 0 Å². The molecule has 0 radical (unpaired) electrons. The molecule has 0 spiro atoms. The van der Waals surface area contributed by atoms with Gasteiger partial charge in [0.05, 0.1) is 5.41 Å². The number of hydrogen-bond acceptors (Lipinski definition) is 4. The number of para-hydroxylation sites is 1. The Morgan fingerprint density at radius 3 is 1.65 bits per heavy atom. The molecule has 1 aliphatic carbocycles. The zero-order chi connectivity index (χ0) is 34.5. The van der Waals surface area contributed by atoms with Crippen molar-refractivity contribution in [3.8, 4) is 56.6 Å². The summed E-state index contributed by atoms with van der Waals surface area (Å²) in [7, 11) is 0. The van der Waals surface area contributed by atoms with Crippen molar-refractivity contribution in [3.63, 3.8) is 0 Å². The number of furan rings is 1. The van der Waals surface area contributed by atoms with Gasteiger partial charge in [0, 0.05) is 16.5 Å². The highest BCUT2D eigenvalue weighted by Gasteiger charge is 2.47. The minimum atomic E-state index is -0.533. The van der Waals surface area contributed by atoms with E-state index in [0.717, 1.165) is 38.8 Å². The normalized spacial score (nSPS) is 12.8. The van der Waals surface area contributed by atoms with E-state index in [0.29, 0.717) is 23.2 Å². The van der Waals surface area contributed by atoms with Gasteiger partial charge in [-0.05, 0) is 56.6 Å². The molecule has 0 saturated carbocycles. The van der Waals surface area contributed by atoms with E-state index in [1.165, 1.54) is 27.8 Å². The second-order valence-electron chi connectivity index (χ2n) is 13.2. The topological polar surface area (TPSA) is 51.8 Å². The number of hydrogen-bond donors (Lipinski definition) is 0. The molecule has 1 aliphatic rings. The maximum atomic E-state index is 6.36. The summed E-state index contributed by atoms with van der Waals surface area (Å²) in [5.41, 5.74) is 11.5. The molecular weight excluding hydrogens is 635 g/mol. The van der Waals surface area contributed by atoms with Gasteiger partial charge in [0.1, 0.15) is 5.58 Å². The van der Waals surface area contributed by atoms with Crippen molar-refractivity contribution >= 4 is 11.0 Å². The first-order chi connectivity index (χ1) is 25.8. The van der Waals surface area contributed by atoms with Crippen LogP contribution in [0.2, 0.25) is 0 Å². The van der Waals surface area contributed by atoms with Gasteiger partial charge in [0.2, 0.25) is 0 Å². The summed E-state index contributed by atoms with van der Waals surface area (Å²) in [5.74, 6) is 2.27. The second kappa shape index (κ2) is 12.1. The van der Waals surface area contributed by atoms with Crippen LogP contribution in [0.5, 0.6) is 0 Å². The molecule has 9 aromatic rings. The number of benzene rings is 7. The summed E-state index contributed by atoms with van der Waals surface area (Å²) >= 11 is 0. The Kier molecular flexibility index (Phi) is 7.00. The van der Waals surface area contributed by atoms with Crippen LogP contribution in [0, 0.1) is 0 Å². The summed E-state index contributed by atoms with van der Waals surface area (Å²) in [5, 5.41) is 0.998. The lowest BCUT2D eigenvalue weighted by molar-refractivity contribution is 0.625. The molecule has 0 atom stereocenters. The van der Waals surface area contributed by atoms with Gasteiger partial charge in [-0.15, -0.1) is 0 Å². The fourth-order valence-corrected chi connectivity index (χ4v) is 7.95. The molecule has 10 rings (SSSR count). The van der Waals surface area contributed by atoms with Crippen LogP contribution in [0.3, 0.4) is 0 Å². The third-order valence-corrected chi connectivity index (χ3v) is 10.3. The molecule has 244 valence electrons. The number of aromatic nitrogens is 3. The fourth-order valence-electron chi connectivity index (χ4n) is 7.95. The van der Waals surface area contributed by atoms with E-state index in [-0.39, 0.29) is 0 Å². The minimum absolute atomic E-state index is 0.490. The van der Waals surface area contributed by atoms with Crippen LogP contribution in [0.1, 0.15) is 22.3 Å². The third-order valence-electron chi connectivity index (χ3n) is 10.3. The van der Waals surface area contributed by atoms with Crippen LogP contribution < -0.4 is 0 Å². The monoisotopic (exact) mass is 665 g/mol. The van der Waals surface area contributed by atoms with E-state index in [4.69, 9.17) is 19.4 Å². The molecule has 2 aromatic heterocycles. The first-order valence-electron chi connectivity index (χ1n) is 17.5. The molecule has 2 heterocycles. The largest absolute Gasteiger partial charge is 0.453 e. The van der Waals surface area contributed by atoms with Gasteiger partial charge in [0.25, 0.3) is 0 Å². The lowest BCUT2D eigenvalue weighted by Gasteiger charge is -2.33. The van der Waals surface area contributed by atoms with Crippen LogP contribution in [0.25, 0.3) is 67.6 Å². The first-order valence-corrected chi connectivity index (χ1v) is 17.5. The van der Waals surface area contributed by atoms with Crippen LogP contribution in [-0.2, 0) is 5.41 Å². The highest BCUT2D eigenvalue weighted by Crippen LogP contribution is 2.58. The minimum Gasteiger partial charge on any atom is -0.453 e. The molecule has 52 heavy (non-hydrogen) atoms. The fraction of sp³-hybridized carbons (Fsp3) is 0.0208. The van der Waals surface area contributed by atoms with Gasteiger partial charge >= 0.3 is 0 Å². The lowest BCUT2D eigenvalue weighted by atomic mass is 9.67. The molecule has 0 amide bonds. The zero-order valence-electron chi connectivity index (χ0n) is 28.1. The zero-order valence-corrected chi connectivity index (χ0v) is 28.1. The molecule has 0 N–H and O–H groups in total. The Balaban J connectivity index is 1.22. The van der Waals surface area contributed by atoms with Crippen molar-refractivity contribution < 1.29 is 4.42 Å². The highest BCUT2D eigenvalue weighted by atomic mass is 16.3. The lowest BCUT2D eigenvalue weighted by Crippen LogP contribution is -2.28. The predicted octanol–water partition coefficient (Wildman–Crippen LogP) is 11.6. The summed E-state index contributed by atoms with van der Waals surface area (Å²) < 4.78 is 6.36. The van der Waals surface area contributed by atoms with E-state index in [1.54, 1.807) is 0 Å². The van der Waals surface area contributed by atoms with Gasteiger partial charge in [-0.3, -0.25) is 0 Å². The van der Waals surface area contributed by atoms with Crippen LogP contribution in [-0.4, -0.2) is 15.0 Å². The molecule has 0 aliphatic heterocycles. The van der Waals surface area contributed by atoms with E-state index in [2.05, 4.69) is 152 Å². The van der Waals surface area contributed by atoms with E-state index < -0.39 is 5.41 Å². The van der Waals surface area contributed by atoms with Crippen molar-refractivity contribution in [2.45, 2.75) is 5.41 Å². The van der Waals surface area contributed by atoms with Crippen molar-refractivity contribution in [2.24, 2.45) is 0 Å². The Bertz CT molecular complexity index is 2650. The van der Waals surface area contributed by atoms with Gasteiger partial charge in [-0.25, -0.2) is 15.0 Å². The molecular formula is C48H31N3O. The van der Waals surface area contributed by atoms with E-state index in [1.807, 2.05) is 36.4 Å². The molecule has 0 saturated heterocycles. The Hall–Kier alpha value is -6.91. The van der Waals surface area contributed by atoms with Gasteiger partial charge < -0.3 is 4.42 Å². The number of fused-ring (bicyclic) bond motifs is 4. The SMILES string of the molecule is c1ccc(-c2ccc(-c3nc(-c4cc5ccccc5o4)nc(-c4cccc5c4-c4ccccc4C5(c4ccccc4)c4ccccc4)n3)cc2)cc1. The quantitative estimate of drug-likeness (QED) is 0.177. The van der Waals surface area contributed by atoms with Crippen molar-refractivity contribution in [2.75, 3.05) is 0 Å².